The molecule has 3 N–H and O–H groups in total. The number of rotatable bonds is 6. The van der Waals surface area contributed by atoms with Crippen LogP contribution in [-0.4, -0.2) is 29.9 Å². The molecule has 0 amide bonds. The van der Waals surface area contributed by atoms with Crippen LogP contribution in [0.2, 0.25) is 0 Å². The summed E-state index contributed by atoms with van der Waals surface area (Å²) in [4.78, 5) is 17.6. The van der Waals surface area contributed by atoms with Crippen molar-refractivity contribution in [3.05, 3.63) is 65.7 Å². The molecule has 2 heterocycles. The summed E-state index contributed by atoms with van der Waals surface area (Å²) < 4.78 is 19.9. The highest BCUT2D eigenvalue weighted by atomic mass is 19.1. The summed E-state index contributed by atoms with van der Waals surface area (Å²) in [6.07, 6.45) is 6.15. The summed E-state index contributed by atoms with van der Waals surface area (Å²) >= 11 is 0. The Balaban J connectivity index is 1.68. The molecule has 6 nitrogen and oxygen atoms in total. The van der Waals surface area contributed by atoms with Crippen LogP contribution in [0.4, 0.5) is 10.1 Å². The lowest BCUT2D eigenvalue weighted by Gasteiger charge is -2.29. The number of nitrogens with two attached hydrogens (primary N) is 1. The van der Waals surface area contributed by atoms with Crippen molar-refractivity contribution in [1.82, 2.24) is 4.98 Å². The Bertz CT molecular complexity index is 868. The molecular formula is C20H21FN4O2. The smallest absolute Gasteiger partial charge is 0.313 e. The van der Waals surface area contributed by atoms with Crippen molar-refractivity contribution in [2.75, 3.05) is 18.0 Å². The van der Waals surface area contributed by atoms with Crippen molar-refractivity contribution in [3.63, 3.8) is 0 Å². The zero-order valence-corrected chi connectivity index (χ0v) is 14.8. The predicted molar refractivity (Wildman–Crippen MR) is 102 cm³/mol. The van der Waals surface area contributed by atoms with E-state index in [1.54, 1.807) is 24.4 Å². The molecule has 0 saturated carbocycles. The van der Waals surface area contributed by atoms with E-state index in [9.17, 15) is 9.18 Å². The molecule has 0 radical (unpaired) electrons. The first-order valence-electron chi connectivity index (χ1n) is 8.65. The number of nitrogens with one attached hydrogen (secondary N) is 1. The summed E-state index contributed by atoms with van der Waals surface area (Å²) in [5, 5.41) is 7.08. The number of hydrogen-bond donors (Lipinski definition) is 2. The highest BCUT2D eigenvalue weighted by Gasteiger charge is 2.19. The van der Waals surface area contributed by atoms with E-state index in [-0.39, 0.29) is 18.9 Å². The van der Waals surface area contributed by atoms with E-state index in [0.29, 0.717) is 24.3 Å². The molecule has 2 aromatic rings. The third-order valence-corrected chi connectivity index (χ3v) is 4.36. The number of hydrogen-bond acceptors (Lipinski definition) is 5. The van der Waals surface area contributed by atoms with E-state index >= 15 is 0 Å². The molecule has 27 heavy (non-hydrogen) atoms. The summed E-state index contributed by atoms with van der Waals surface area (Å²) in [7, 11) is 0. The molecule has 0 fully saturated rings. The number of halogens is 1. The molecule has 1 aromatic heterocycles. The van der Waals surface area contributed by atoms with E-state index in [2.05, 4.69) is 11.1 Å². The number of carbonyl (C=O) groups is 1. The predicted octanol–water partition coefficient (Wildman–Crippen LogP) is 2.88. The van der Waals surface area contributed by atoms with Crippen LogP contribution in [0.5, 0.6) is 0 Å². The Morgan fingerprint density at radius 2 is 2.19 bits per heavy atom. The normalized spacial score (nSPS) is 13.8. The number of pyridine rings is 1. The monoisotopic (exact) mass is 368 g/mol. The Hall–Kier alpha value is -3.22. The number of ether oxygens (including phenoxy) is 1. The van der Waals surface area contributed by atoms with Crippen molar-refractivity contribution in [3.8, 4) is 0 Å². The minimum atomic E-state index is -0.644. The first kappa shape index (κ1) is 18.6. The van der Waals surface area contributed by atoms with Gasteiger partial charge in [-0.3, -0.25) is 15.2 Å². The molecular weight excluding hydrogens is 347 g/mol. The number of aromatic nitrogens is 1. The topological polar surface area (TPSA) is 92.3 Å². The highest BCUT2D eigenvalue weighted by Crippen LogP contribution is 2.28. The second kappa shape index (κ2) is 8.44. The van der Waals surface area contributed by atoms with Gasteiger partial charge in [0.05, 0.1) is 5.69 Å². The highest BCUT2D eigenvalue weighted by molar-refractivity contribution is 5.94. The zero-order valence-electron chi connectivity index (χ0n) is 14.8. The third-order valence-electron chi connectivity index (χ3n) is 4.36. The van der Waals surface area contributed by atoms with E-state index in [1.165, 1.54) is 5.57 Å². The summed E-state index contributed by atoms with van der Waals surface area (Å²) in [6.45, 7) is 1.09. The van der Waals surface area contributed by atoms with Gasteiger partial charge in [0, 0.05) is 31.0 Å². The number of benzene rings is 1. The van der Waals surface area contributed by atoms with Crippen LogP contribution in [0.25, 0.3) is 5.57 Å². The molecule has 0 atom stereocenters. The number of nitrogens with zero attached hydrogens (tertiary/aromatic N) is 2. The molecule has 0 spiro atoms. The van der Waals surface area contributed by atoms with Gasteiger partial charge in [0.1, 0.15) is 18.9 Å². The fraction of sp³-hybridized carbons (Fsp3) is 0.250. The van der Waals surface area contributed by atoms with Crippen molar-refractivity contribution < 1.29 is 13.9 Å². The Labute approximate surface area is 157 Å². The maximum atomic E-state index is 14.9. The lowest BCUT2D eigenvalue weighted by Crippen LogP contribution is -2.29. The molecule has 0 bridgehead atoms. The van der Waals surface area contributed by atoms with Crippen LogP contribution in [-0.2, 0) is 16.1 Å². The minimum absolute atomic E-state index is 0.184. The van der Waals surface area contributed by atoms with Crippen LogP contribution in [0.1, 0.15) is 24.0 Å². The standard InChI is InChI=1S/C20H21FN4O2/c21-20-16(13-27-19(26)11-18(22)23)3-1-5-17(20)25-9-6-14(7-10-25)15-4-2-8-24-12-15/h1-6,8,12H,7,9-11,13H2,(H3,22,23). The van der Waals surface area contributed by atoms with Crippen LogP contribution in [0, 0.1) is 11.2 Å². The summed E-state index contributed by atoms with van der Waals surface area (Å²) in [5.74, 6) is -1.32. The minimum Gasteiger partial charge on any atom is -0.460 e. The summed E-state index contributed by atoms with van der Waals surface area (Å²) in [6, 6.07) is 8.97. The molecule has 1 aromatic carbocycles. The van der Waals surface area contributed by atoms with Crippen molar-refractivity contribution in [2.24, 2.45) is 5.73 Å². The maximum absolute atomic E-state index is 14.9. The van der Waals surface area contributed by atoms with E-state index in [4.69, 9.17) is 15.9 Å². The fourth-order valence-electron chi connectivity index (χ4n) is 2.99. The van der Waals surface area contributed by atoms with Crippen LogP contribution in [0.3, 0.4) is 0 Å². The van der Waals surface area contributed by atoms with Crippen LogP contribution < -0.4 is 10.6 Å². The molecule has 0 aliphatic carbocycles. The molecule has 1 aliphatic heterocycles. The van der Waals surface area contributed by atoms with Gasteiger partial charge in [-0.25, -0.2) is 4.39 Å². The number of amidine groups is 1. The molecule has 7 heteroatoms. The first-order valence-corrected chi connectivity index (χ1v) is 8.65. The lowest BCUT2D eigenvalue weighted by molar-refractivity contribution is -0.143. The second-order valence-corrected chi connectivity index (χ2v) is 6.28. The van der Waals surface area contributed by atoms with Gasteiger partial charge < -0.3 is 15.4 Å². The van der Waals surface area contributed by atoms with Crippen molar-refractivity contribution >= 4 is 23.1 Å². The van der Waals surface area contributed by atoms with Gasteiger partial charge >= 0.3 is 5.97 Å². The molecule has 0 saturated heterocycles. The van der Waals surface area contributed by atoms with Crippen LogP contribution >= 0.6 is 0 Å². The second-order valence-electron chi connectivity index (χ2n) is 6.28. The maximum Gasteiger partial charge on any atom is 0.313 e. The van der Waals surface area contributed by atoms with Gasteiger partial charge in [-0.2, -0.15) is 0 Å². The van der Waals surface area contributed by atoms with Gasteiger partial charge in [-0.1, -0.05) is 24.3 Å². The van der Waals surface area contributed by atoms with Crippen molar-refractivity contribution in [2.45, 2.75) is 19.4 Å². The Morgan fingerprint density at radius 1 is 1.33 bits per heavy atom. The largest absolute Gasteiger partial charge is 0.460 e. The molecule has 1 aliphatic rings. The number of anilines is 1. The first-order chi connectivity index (χ1) is 13.0. The SMILES string of the molecule is N=C(N)CC(=O)OCc1cccc(N2CC=C(c3cccnc3)CC2)c1F. The number of esters is 1. The zero-order chi connectivity index (χ0) is 19.2. The van der Waals surface area contributed by atoms with Crippen molar-refractivity contribution in [1.29, 1.82) is 5.41 Å². The van der Waals surface area contributed by atoms with E-state index in [0.717, 1.165) is 12.0 Å². The fourth-order valence-corrected chi connectivity index (χ4v) is 2.99. The quantitative estimate of drug-likeness (QED) is 0.465. The third kappa shape index (κ3) is 4.69. The van der Waals surface area contributed by atoms with Gasteiger partial charge in [0.15, 0.2) is 5.82 Å². The van der Waals surface area contributed by atoms with Gasteiger partial charge in [-0.15, -0.1) is 0 Å². The van der Waals surface area contributed by atoms with E-state index < -0.39 is 11.8 Å². The number of carbonyl (C=O) groups excluding carboxylic acids is 1. The van der Waals surface area contributed by atoms with E-state index in [1.807, 2.05) is 23.2 Å². The molecule has 0 unspecified atom stereocenters. The molecule has 140 valence electrons. The average molecular weight is 368 g/mol. The lowest BCUT2D eigenvalue weighted by atomic mass is 10.0. The van der Waals surface area contributed by atoms with Gasteiger partial charge in [0.2, 0.25) is 0 Å². The Kier molecular flexibility index (Phi) is 5.80. The average Bonchev–Trinajstić information content (AvgIpc) is 2.67. The molecule has 3 rings (SSSR count). The van der Waals surface area contributed by atoms with Gasteiger partial charge in [-0.05, 0) is 29.7 Å². The Morgan fingerprint density at radius 3 is 2.85 bits per heavy atom. The summed E-state index contributed by atoms with van der Waals surface area (Å²) in [5.41, 5.74) is 8.23. The van der Waals surface area contributed by atoms with Gasteiger partial charge in [0.25, 0.3) is 0 Å². The van der Waals surface area contributed by atoms with Crippen LogP contribution in [0.15, 0.2) is 48.8 Å².